The standard InChI is InChI=1S/C24H30Cl2O5/c1-12-7-15-16-9-18(25)17-8-14(28)5-6-23(17,4)24(16,26)20(30)10-22(15,3)21(12)19(29)11-31-13(2)27/h5-6,8,12,15-16,18,20-21,30H,7,9-11H2,1-4H3/t12?,15-,16-,18?,20?,21+,22-,23-,24-/m0/s1. The highest BCUT2D eigenvalue weighted by molar-refractivity contribution is 6.28. The van der Waals surface area contributed by atoms with Crippen LogP contribution in [-0.4, -0.2) is 45.6 Å². The molecule has 0 aromatic rings. The van der Waals surface area contributed by atoms with Gasteiger partial charge in [-0.15, -0.1) is 23.2 Å². The third kappa shape index (κ3) is 3.10. The molecule has 3 unspecified atom stereocenters. The van der Waals surface area contributed by atoms with Crippen molar-refractivity contribution < 1.29 is 24.2 Å². The lowest BCUT2D eigenvalue weighted by Crippen LogP contribution is -2.67. The summed E-state index contributed by atoms with van der Waals surface area (Å²) in [5.74, 6) is -0.985. The average molecular weight is 469 g/mol. The summed E-state index contributed by atoms with van der Waals surface area (Å²) in [6.07, 6.45) is 5.72. The van der Waals surface area contributed by atoms with Gasteiger partial charge in [0, 0.05) is 18.3 Å². The number of carbonyl (C=O) groups excluding carboxylic acids is 3. The molecule has 3 saturated carbocycles. The Hall–Kier alpha value is -1.17. The van der Waals surface area contributed by atoms with Gasteiger partial charge in [-0.2, -0.15) is 0 Å². The van der Waals surface area contributed by atoms with Crippen molar-refractivity contribution in [2.75, 3.05) is 6.61 Å². The lowest BCUT2D eigenvalue weighted by Gasteiger charge is -2.64. The first-order valence-corrected chi connectivity index (χ1v) is 11.8. The summed E-state index contributed by atoms with van der Waals surface area (Å²) in [5.41, 5.74) is -0.451. The molecule has 4 aliphatic carbocycles. The van der Waals surface area contributed by atoms with Crippen LogP contribution < -0.4 is 0 Å². The number of hydrogen-bond donors (Lipinski definition) is 1. The molecule has 0 aromatic heterocycles. The Balaban J connectivity index is 1.74. The number of allylic oxidation sites excluding steroid dienone is 4. The minimum atomic E-state index is -1.01. The van der Waals surface area contributed by atoms with Gasteiger partial charge in [0.15, 0.2) is 11.6 Å². The van der Waals surface area contributed by atoms with E-state index in [9.17, 15) is 19.5 Å². The molecule has 0 amide bonds. The number of hydrogen-bond acceptors (Lipinski definition) is 5. The zero-order chi connectivity index (χ0) is 22.9. The van der Waals surface area contributed by atoms with Crippen LogP contribution in [0.4, 0.5) is 0 Å². The fraction of sp³-hybridized carbons (Fsp3) is 0.708. The molecular formula is C24H30Cl2O5. The highest BCUT2D eigenvalue weighted by atomic mass is 35.5. The SMILES string of the molecule is CC(=O)OCC(=O)[C@H]1C(C)C[C@H]2[C@@H]3CC(Cl)C4=CC(=O)C=C[C@]4(C)[C@@]3(Cl)C(O)C[C@]12C. The molecule has 0 radical (unpaired) electrons. The number of aliphatic hydroxyl groups excluding tert-OH is 1. The van der Waals surface area contributed by atoms with E-state index in [1.807, 2.05) is 13.0 Å². The van der Waals surface area contributed by atoms with Crippen LogP contribution in [-0.2, 0) is 19.1 Å². The van der Waals surface area contributed by atoms with Gasteiger partial charge in [-0.3, -0.25) is 14.4 Å². The molecule has 0 bridgehead atoms. The van der Waals surface area contributed by atoms with Crippen molar-refractivity contribution in [3.63, 3.8) is 0 Å². The minimum Gasteiger partial charge on any atom is -0.458 e. The number of alkyl halides is 2. The van der Waals surface area contributed by atoms with Crippen LogP contribution in [0.2, 0.25) is 0 Å². The van der Waals surface area contributed by atoms with Gasteiger partial charge in [0.2, 0.25) is 0 Å². The normalized spacial score (nSPS) is 48.4. The molecular weight excluding hydrogens is 439 g/mol. The van der Waals surface area contributed by atoms with Gasteiger partial charge < -0.3 is 9.84 Å². The molecule has 0 saturated heterocycles. The quantitative estimate of drug-likeness (QED) is 0.502. The van der Waals surface area contributed by atoms with E-state index >= 15 is 0 Å². The molecule has 31 heavy (non-hydrogen) atoms. The fourth-order valence-corrected chi connectivity index (χ4v) is 8.49. The number of ether oxygens (including phenoxy) is 1. The summed E-state index contributed by atoms with van der Waals surface area (Å²) in [4.78, 5) is 35.4. The Bertz CT molecular complexity index is 896. The summed E-state index contributed by atoms with van der Waals surface area (Å²) in [6.45, 7) is 7.12. The van der Waals surface area contributed by atoms with Gasteiger partial charge in [-0.1, -0.05) is 26.8 Å². The third-order valence-corrected chi connectivity index (χ3v) is 10.1. The molecule has 170 valence electrons. The first-order valence-electron chi connectivity index (χ1n) is 11.0. The van der Waals surface area contributed by atoms with Crippen molar-refractivity contribution in [1.82, 2.24) is 0 Å². The van der Waals surface area contributed by atoms with E-state index in [4.69, 9.17) is 27.9 Å². The smallest absolute Gasteiger partial charge is 0.303 e. The van der Waals surface area contributed by atoms with E-state index in [0.717, 1.165) is 12.0 Å². The molecule has 1 N–H and O–H groups in total. The molecule has 5 nitrogen and oxygen atoms in total. The summed E-state index contributed by atoms with van der Waals surface area (Å²) in [6, 6.07) is 0. The van der Waals surface area contributed by atoms with E-state index < -0.39 is 27.8 Å². The van der Waals surface area contributed by atoms with Crippen LogP contribution in [0.1, 0.15) is 47.0 Å². The Morgan fingerprint density at radius 2 is 1.94 bits per heavy atom. The first kappa shape index (κ1) is 23.0. The van der Waals surface area contributed by atoms with Crippen LogP contribution in [0, 0.1) is 34.5 Å². The summed E-state index contributed by atoms with van der Waals surface area (Å²) in [7, 11) is 0. The molecule has 7 heteroatoms. The highest BCUT2D eigenvalue weighted by Crippen LogP contribution is 2.70. The average Bonchev–Trinajstić information content (AvgIpc) is 2.94. The fourth-order valence-electron chi connectivity index (χ4n) is 7.52. The van der Waals surface area contributed by atoms with Crippen LogP contribution in [0.5, 0.6) is 0 Å². The van der Waals surface area contributed by atoms with Crippen molar-refractivity contribution in [3.8, 4) is 0 Å². The molecule has 4 aliphatic rings. The lowest BCUT2D eigenvalue weighted by atomic mass is 9.46. The minimum absolute atomic E-state index is 0.0753. The van der Waals surface area contributed by atoms with Crippen LogP contribution in [0.15, 0.2) is 23.8 Å². The lowest BCUT2D eigenvalue weighted by molar-refractivity contribution is -0.151. The molecule has 0 spiro atoms. The largest absolute Gasteiger partial charge is 0.458 e. The van der Waals surface area contributed by atoms with Crippen molar-refractivity contribution in [3.05, 3.63) is 23.8 Å². The maximum atomic E-state index is 13.1. The molecule has 0 aliphatic heterocycles. The van der Waals surface area contributed by atoms with Gasteiger partial charge in [0.25, 0.3) is 0 Å². The molecule has 0 aromatic carbocycles. The van der Waals surface area contributed by atoms with Crippen molar-refractivity contribution in [2.24, 2.45) is 34.5 Å². The Kier molecular flexibility index (Phi) is 5.51. The van der Waals surface area contributed by atoms with E-state index in [2.05, 4.69) is 13.8 Å². The molecule has 0 heterocycles. The van der Waals surface area contributed by atoms with E-state index in [0.29, 0.717) is 12.8 Å². The number of ketones is 2. The second-order valence-corrected chi connectivity index (χ2v) is 11.5. The van der Waals surface area contributed by atoms with E-state index in [1.165, 1.54) is 13.0 Å². The predicted octanol–water partition coefficient (Wildman–Crippen LogP) is 3.84. The second-order valence-electron chi connectivity index (χ2n) is 10.4. The number of fused-ring (bicyclic) bond motifs is 5. The van der Waals surface area contributed by atoms with Crippen LogP contribution >= 0.6 is 23.2 Å². The van der Waals surface area contributed by atoms with Crippen LogP contribution in [0.3, 0.4) is 0 Å². The number of esters is 1. The predicted molar refractivity (Wildman–Crippen MR) is 118 cm³/mol. The number of halogens is 2. The number of aliphatic hydroxyl groups is 1. The Labute approximate surface area is 193 Å². The third-order valence-electron chi connectivity index (χ3n) is 8.73. The van der Waals surface area contributed by atoms with E-state index in [-0.39, 0.29) is 47.2 Å². The van der Waals surface area contributed by atoms with Gasteiger partial charge in [0.1, 0.15) is 6.61 Å². The number of rotatable bonds is 3. The second kappa shape index (κ2) is 7.43. The van der Waals surface area contributed by atoms with Crippen LogP contribution in [0.25, 0.3) is 0 Å². The van der Waals surface area contributed by atoms with Crippen molar-refractivity contribution >= 4 is 40.7 Å². The Morgan fingerprint density at radius 3 is 2.58 bits per heavy atom. The van der Waals surface area contributed by atoms with Gasteiger partial charge in [-0.25, -0.2) is 0 Å². The van der Waals surface area contributed by atoms with Crippen molar-refractivity contribution in [1.29, 1.82) is 0 Å². The number of carbonyl (C=O) groups is 3. The maximum absolute atomic E-state index is 13.1. The zero-order valence-corrected chi connectivity index (χ0v) is 19.9. The van der Waals surface area contributed by atoms with Gasteiger partial charge >= 0.3 is 5.97 Å². The van der Waals surface area contributed by atoms with Gasteiger partial charge in [-0.05, 0) is 60.2 Å². The monoisotopic (exact) mass is 468 g/mol. The zero-order valence-electron chi connectivity index (χ0n) is 18.4. The topological polar surface area (TPSA) is 80.7 Å². The highest BCUT2D eigenvalue weighted by Gasteiger charge is 2.71. The van der Waals surface area contributed by atoms with Crippen molar-refractivity contribution in [2.45, 2.75) is 63.3 Å². The van der Waals surface area contributed by atoms with Gasteiger partial charge in [0.05, 0.1) is 16.4 Å². The summed E-state index contributed by atoms with van der Waals surface area (Å²) in [5, 5.41) is 11.2. The molecule has 4 rings (SSSR count). The maximum Gasteiger partial charge on any atom is 0.303 e. The number of Topliss-reactive ketones (excluding diaryl/α,β-unsaturated/α-hetero) is 1. The summed E-state index contributed by atoms with van der Waals surface area (Å²) < 4.78 is 5.01. The first-order chi connectivity index (χ1) is 14.4. The molecule has 3 fully saturated rings. The summed E-state index contributed by atoms with van der Waals surface area (Å²) >= 11 is 14.2. The molecule has 9 atom stereocenters. The Morgan fingerprint density at radius 1 is 1.26 bits per heavy atom. The van der Waals surface area contributed by atoms with E-state index in [1.54, 1.807) is 6.08 Å².